The lowest BCUT2D eigenvalue weighted by molar-refractivity contribution is 0.0631. The molecule has 5 aromatic carbocycles. The maximum Gasteiger partial charge on any atom is 0.343 e. The Hall–Kier alpha value is -7.21. The summed E-state index contributed by atoms with van der Waals surface area (Å²) < 4.78 is 16.5. The molecule has 12 nitrogen and oxygen atoms in total. The van der Waals surface area contributed by atoms with Crippen LogP contribution < -0.4 is 9.47 Å². The largest absolute Gasteiger partial charge is 0.508 e. The molecule has 1 atom stereocenters. The number of benzene rings is 5. The zero-order valence-electron chi connectivity index (χ0n) is 28.0. The van der Waals surface area contributed by atoms with Crippen LogP contribution in [0.15, 0.2) is 127 Å². The molecule has 0 aromatic heterocycles. The smallest absolute Gasteiger partial charge is 0.343 e. The van der Waals surface area contributed by atoms with Gasteiger partial charge in [0.15, 0.2) is 0 Å². The van der Waals surface area contributed by atoms with Gasteiger partial charge in [-0.15, -0.1) is 0 Å². The molecule has 0 aliphatic heterocycles. The van der Waals surface area contributed by atoms with Crippen molar-refractivity contribution in [3.63, 3.8) is 0 Å². The third-order valence-electron chi connectivity index (χ3n) is 8.76. The van der Waals surface area contributed by atoms with Crippen LogP contribution in [0.5, 0.6) is 46.0 Å². The molecule has 12 heteroatoms. The number of phenolic OH excluding ortho intramolecular Hbond substituents is 6. The van der Waals surface area contributed by atoms with E-state index in [1.165, 1.54) is 36.4 Å². The molecule has 53 heavy (non-hydrogen) atoms. The van der Waals surface area contributed by atoms with Gasteiger partial charge < -0.3 is 44.8 Å². The van der Waals surface area contributed by atoms with Gasteiger partial charge in [-0.2, -0.15) is 0 Å². The predicted molar refractivity (Wildman–Crippen MR) is 189 cm³/mol. The highest BCUT2D eigenvalue weighted by molar-refractivity contribution is 5.93. The van der Waals surface area contributed by atoms with E-state index in [0.29, 0.717) is 6.42 Å². The second-order valence-electron chi connectivity index (χ2n) is 12.4. The number of rotatable bonds is 9. The number of aromatic hydroxyl groups is 6. The van der Waals surface area contributed by atoms with Crippen LogP contribution in [-0.2, 0) is 10.2 Å². The summed E-state index contributed by atoms with van der Waals surface area (Å²) in [6, 6.07) is 23.9. The predicted octanol–water partition coefficient (Wildman–Crippen LogP) is 6.98. The molecule has 0 spiro atoms. The Morgan fingerprint density at radius 1 is 0.528 bits per heavy atom. The minimum atomic E-state index is -0.791. The number of phenols is 6. The van der Waals surface area contributed by atoms with E-state index in [-0.39, 0.29) is 74.4 Å². The first-order chi connectivity index (χ1) is 25.3. The first-order valence-corrected chi connectivity index (χ1v) is 16.1. The van der Waals surface area contributed by atoms with Gasteiger partial charge in [-0.25, -0.2) is 14.4 Å². The van der Waals surface area contributed by atoms with E-state index in [9.17, 15) is 45.0 Å². The average molecular weight is 717 g/mol. The van der Waals surface area contributed by atoms with Gasteiger partial charge in [0.2, 0.25) is 0 Å². The third kappa shape index (κ3) is 8.07. The fourth-order valence-electron chi connectivity index (χ4n) is 6.07. The van der Waals surface area contributed by atoms with Gasteiger partial charge in [-0.3, -0.25) is 0 Å². The highest BCUT2D eigenvalue weighted by Crippen LogP contribution is 2.44. The summed E-state index contributed by atoms with van der Waals surface area (Å²) in [7, 11) is 0. The first kappa shape index (κ1) is 35.6. The number of hydrogen-bond donors (Lipinski definition) is 6. The molecular weight excluding hydrogens is 684 g/mol. The molecule has 0 radical (unpaired) electrons. The van der Waals surface area contributed by atoms with Gasteiger partial charge in [0.1, 0.15) is 51.8 Å². The van der Waals surface area contributed by atoms with E-state index in [1.807, 2.05) is 13.0 Å². The number of esters is 3. The highest BCUT2D eigenvalue weighted by Gasteiger charge is 2.37. The van der Waals surface area contributed by atoms with Crippen molar-refractivity contribution in [2.24, 2.45) is 5.92 Å². The lowest BCUT2D eigenvalue weighted by Gasteiger charge is -2.38. The molecule has 5 aromatic rings. The molecule has 0 heterocycles. The van der Waals surface area contributed by atoms with E-state index >= 15 is 0 Å². The number of ether oxygens (including phenoxy) is 3. The van der Waals surface area contributed by atoms with Crippen LogP contribution >= 0.6 is 0 Å². The second kappa shape index (κ2) is 14.6. The topological polar surface area (TPSA) is 200 Å². The van der Waals surface area contributed by atoms with Crippen molar-refractivity contribution in [3.05, 3.63) is 155 Å². The molecule has 0 amide bonds. The molecule has 0 saturated heterocycles. The molecular formula is C41H32O12. The van der Waals surface area contributed by atoms with Crippen molar-refractivity contribution in [1.82, 2.24) is 0 Å². The number of carbonyl (C=O) groups excluding carboxylic acids is 3. The number of carbonyl (C=O) groups is 3. The Balaban J connectivity index is 1.26. The van der Waals surface area contributed by atoms with Gasteiger partial charge in [0, 0.05) is 23.6 Å². The summed E-state index contributed by atoms with van der Waals surface area (Å²) in [5.74, 6) is -3.69. The van der Waals surface area contributed by atoms with Crippen LogP contribution in [0.3, 0.4) is 0 Å². The summed E-state index contributed by atoms with van der Waals surface area (Å²) in [4.78, 5) is 38.3. The van der Waals surface area contributed by atoms with E-state index in [4.69, 9.17) is 14.2 Å². The third-order valence-corrected chi connectivity index (χ3v) is 8.76. The highest BCUT2D eigenvalue weighted by atomic mass is 16.5. The van der Waals surface area contributed by atoms with Crippen molar-refractivity contribution in [3.8, 4) is 46.0 Å². The Morgan fingerprint density at radius 3 is 1.19 bits per heavy atom. The Labute approximate surface area is 302 Å². The molecule has 6 rings (SSSR count). The van der Waals surface area contributed by atoms with Gasteiger partial charge in [-0.05, 0) is 96.3 Å². The fraction of sp³-hybridized carbons (Fsp3) is 0.0976. The van der Waals surface area contributed by atoms with Gasteiger partial charge in [-0.1, -0.05) is 37.3 Å². The molecule has 1 unspecified atom stereocenters. The maximum absolute atomic E-state index is 12.8. The standard InChI is InChI=1S/C41H32O12/c1-41(26-2-8-35(9-3-26)51-38(48)23-14-29(42)20-30(43)15-23,27-4-10-36(11-5-27)52-39(49)24-16-31(44)21-32(45)17-24)28-6-12-37(13-7-28)53-40(50)25-18-33(46)22-34(47)19-25/h2-6,8-22,28,42-47H,7H2,1H3. The van der Waals surface area contributed by atoms with Crippen LogP contribution in [0.1, 0.15) is 55.5 Å². The SMILES string of the molecule is CC(c1ccc(OC(=O)c2cc(O)cc(O)c2)cc1)(c1ccc(OC(=O)c2cc(O)cc(O)c2)cc1)C1C=CC(OC(=O)c2cc(O)cc(O)c2)=CC1. The van der Waals surface area contributed by atoms with Gasteiger partial charge >= 0.3 is 17.9 Å². The summed E-state index contributed by atoms with van der Waals surface area (Å²) >= 11 is 0. The lowest BCUT2D eigenvalue weighted by atomic mass is 9.65. The van der Waals surface area contributed by atoms with Crippen molar-refractivity contribution < 1.29 is 59.2 Å². The monoisotopic (exact) mass is 716 g/mol. The van der Waals surface area contributed by atoms with Crippen LogP contribution in [-0.4, -0.2) is 48.5 Å². The van der Waals surface area contributed by atoms with E-state index in [2.05, 4.69) is 0 Å². The van der Waals surface area contributed by atoms with E-state index in [1.54, 1.807) is 60.7 Å². The van der Waals surface area contributed by atoms with Crippen molar-refractivity contribution >= 4 is 17.9 Å². The molecule has 1 aliphatic rings. The zero-order chi connectivity index (χ0) is 37.9. The summed E-state index contributed by atoms with van der Waals surface area (Å²) in [5, 5.41) is 58.6. The molecule has 0 bridgehead atoms. The molecule has 1 aliphatic carbocycles. The van der Waals surface area contributed by atoms with Gasteiger partial charge in [0.05, 0.1) is 16.7 Å². The summed E-state index contributed by atoms with van der Waals surface area (Å²) in [6.45, 7) is 2.00. The molecule has 0 fully saturated rings. The van der Waals surface area contributed by atoms with Crippen molar-refractivity contribution in [2.75, 3.05) is 0 Å². The van der Waals surface area contributed by atoms with Crippen molar-refractivity contribution in [2.45, 2.75) is 18.8 Å². The van der Waals surface area contributed by atoms with Crippen LogP contribution in [0.4, 0.5) is 0 Å². The quantitative estimate of drug-likeness (QED) is 0.0676. The summed E-state index contributed by atoms with van der Waals surface area (Å²) in [6.07, 6.45) is 5.67. The lowest BCUT2D eigenvalue weighted by Crippen LogP contribution is -2.33. The number of hydrogen-bond acceptors (Lipinski definition) is 12. The maximum atomic E-state index is 12.8. The van der Waals surface area contributed by atoms with E-state index in [0.717, 1.165) is 29.3 Å². The van der Waals surface area contributed by atoms with Gasteiger partial charge in [0.25, 0.3) is 0 Å². The molecule has 268 valence electrons. The average Bonchev–Trinajstić information content (AvgIpc) is 3.11. The van der Waals surface area contributed by atoms with Crippen LogP contribution in [0, 0.1) is 5.92 Å². The minimum Gasteiger partial charge on any atom is -0.508 e. The first-order valence-electron chi connectivity index (χ1n) is 16.1. The summed E-state index contributed by atoms with van der Waals surface area (Å²) in [5.41, 5.74) is 0.687. The molecule has 6 N–H and O–H groups in total. The Morgan fingerprint density at radius 2 is 0.868 bits per heavy atom. The van der Waals surface area contributed by atoms with Crippen LogP contribution in [0.25, 0.3) is 0 Å². The normalized spacial score (nSPS) is 13.8. The minimum absolute atomic E-state index is 0.0351. The Kier molecular flexibility index (Phi) is 9.79. The van der Waals surface area contributed by atoms with Crippen LogP contribution in [0.2, 0.25) is 0 Å². The number of allylic oxidation sites excluding steroid dienone is 3. The Bertz CT molecular complexity index is 2100. The van der Waals surface area contributed by atoms with Crippen molar-refractivity contribution in [1.29, 1.82) is 0 Å². The second-order valence-corrected chi connectivity index (χ2v) is 12.4. The zero-order valence-corrected chi connectivity index (χ0v) is 28.0. The fourth-order valence-corrected chi connectivity index (χ4v) is 6.07. The van der Waals surface area contributed by atoms with E-state index < -0.39 is 23.3 Å². The molecule has 0 saturated carbocycles.